The molecule has 0 unspecified atom stereocenters. The summed E-state index contributed by atoms with van der Waals surface area (Å²) in [6, 6.07) is 3.26. The van der Waals surface area contributed by atoms with Crippen molar-refractivity contribution in [1.82, 2.24) is 0 Å². The molecule has 20 heavy (non-hydrogen) atoms. The SMILES string of the molecule is COC(=O)CC(=O)c1cc(OC)c(C(C)C)c(OC)c1. The molecule has 0 spiro atoms. The molecule has 0 saturated carbocycles. The van der Waals surface area contributed by atoms with Gasteiger partial charge in [-0.3, -0.25) is 9.59 Å². The fraction of sp³-hybridized carbons (Fsp3) is 0.467. The van der Waals surface area contributed by atoms with Crippen LogP contribution in [0.15, 0.2) is 12.1 Å². The standard InChI is InChI=1S/C15H20O5/c1-9(2)15-12(18-3)6-10(7-13(15)19-4)11(16)8-14(17)20-5/h6-7,9H,8H2,1-5H3. The van der Waals surface area contributed by atoms with Gasteiger partial charge in [0.05, 0.1) is 21.3 Å². The van der Waals surface area contributed by atoms with E-state index in [0.717, 1.165) is 5.56 Å². The summed E-state index contributed by atoms with van der Waals surface area (Å²) in [7, 11) is 4.32. The maximum Gasteiger partial charge on any atom is 0.313 e. The summed E-state index contributed by atoms with van der Waals surface area (Å²) in [5, 5.41) is 0. The fourth-order valence-electron chi connectivity index (χ4n) is 1.97. The number of Topliss-reactive ketones (excluding diaryl/α,β-unsaturated/α-hetero) is 1. The molecule has 0 amide bonds. The molecule has 1 aromatic carbocycles. The number of ether oxygens (including phenoxy) is 3. The van der Waals surface area contributed by atoms with Crippen LogP contribution in [0.1, 0.15) is 42.1 Å². The number of hydrogen-bond donors (Lipinski definition) is 0. The summed E-state index contributed by atoms with van der Waals surface area (Å²) in [5.74, 6) is 0.439. The van der Waals surface area contributed by atoms with Crippen molar-refractivity contribution in [2.45, 2.75) is 26.2 Å². The van der Waals surface area contributed by atoms with Crippen LogP contribution in [-0.2, 0) is 9.53 Å². The number of carbonyl (C=O) groups is 2. The topological polar surface area (TPSA) is 61.8 Å². The predicted octanol–water partition coefficient (Wildman–Crippen LogP) is 2.57. The molecule has 0 aliphatic rings. The van der Waals surface area contributed by atoms with Crippen LogP contribution in [0.3, 0.4) is 0 Å². The van der Waals surface area contributed by atoms with E-state index in [1.54, 1.807) is 12.1 Å². The lowest BCUT2D eigenvalue weighted by molar-refractivity contribution is -0.139. The first kappa shape index (κ1) is 16.0. The van der Waals surface area contributed by atoms with Gasteiger partial charge >= 0.3 is 5.97 Å². The Kier molecular flexibility index (Phi) is 5.55. The maximum absolute atomic E-state index is 12.0. The zero-order valence-electron chi connectivity index (χ0n) is 12.5. The fourth-order valence-corrected chi connectivity index (χ4v) is 1.97. The summed E-state index contributed by atoms with van der Waals surface area (Å²) in [6.07, 6.45) is -0.302. The maximum atomic E-state index is 12.0. The highest BCUT2D eigenvalue weighted by Crippen LogP contribution is 2.36. The van der Waals surface area contributed by atoms with Gasteiger partial charge in [0.2, 0.25) is 0 Å². The largest absolute Gasteiger partial charge is 0.496 e. The molecule has 5 heteroatoms. The van der Waals surface area contributed by atoms with E-state index in [1.807, 2.05) is 13.8 Å². The van der Waals surface area contributed by atoms with E-state index < -0.39 is 5.97 Å². The predicted molar refractivity (Wildman–Crippen MR) is 74.6 cm³/mol. The lowest BCUT2D eigenvalue weighted by Crippen LogP contribution is -2.10. The van der Waals surface area contributed by atoms with Crippen LogP contribution in [0, 0.1) is 0 Å². The zero-order valence-corrected chi connectivity index (χ0v) is 12.5. The number of hydrogen-bond acceptors (Lipinski definition) is 5. The van der Waals surface area contributed by atoms with E-state index in [9.17, 15) is 9.59 Å². The van der Waals surface area contributed by atoms with Crippen molar-refractivity contribution in [2.24, 2.45) is 0 Å². The van der Waals surface area contributed by atoms with Gasteiger partial charge in [-0.1, -0.05) is 13.8 Å². The minimum Gasteiger partial charge on any atom is -0.496 e. The van der Waals surface area contributed by atoms with Crippen molar-refractivity contribution < 1.29 is 23.8 Å². The molecule has 0 aliphatic heterocycles. The second kappa shape index (κ2) is 6.93. The third-order valence-corrected chi connectivity index (χ3v) is 2.98. The van der Waals surface area contributed by atoms with Gasteiger partial charge in [-0.2, -0.15) is 0 Å². The average molecular weight is 280 g/mol. The smallest absolute Gasteiger partial charge is 0.313 e. The van der Waals surface area contributed by atoms with Gasteiger partial charge in [0.1, 0.15) is 17.9 Å². The van der Waals surface area contributed by atoms with Gasteiger partial charge in [-0.05, 0) is 18.1 Å². The first-order valence-electron chi connectivity index (χ1n) is 6.30. The Hall–Kier alpha value is -2.04. The Morgan fingerprint density at radius 1 is 1.05 bits per heavy atom. The molecule has 0 atom stereocenters. The highest BCUT2D eigenvalue weighted by Gasteiger charge is 2.20. The normalized spacial score (nSPS) is 10.3. The highest BCUT2D eigenvalue weighted by atomic mass is 16.5. The van der Waals surface area contributed by atoms with Gasteiger partial charge in [-0.15, -0.1) is 0 Å². The van der Waals surface area contributed by atoms with Crippen LogP contribution in [0.5, 0.6) is 11.5 Å². The monoisotopic (exact) mass is 280 g/mol. The van der Waals surface area contributed by atoms with Crippen LogP contribution in [0.4, 0.5) is 0 Å². The quantitative estimate of drug-likeness (QED) is 0.455. The molecule has 0 saturated heterocycles. The molecule has 110 valence electrons. The molecule has 0 N–H and O–H groups in total. The summed E-state index contributed by atoms with van der Waals surface area (Å²) < 4.78 is 15.1. The van der Waals surface area contributed by atoms with Crippen LogP contribution >= 0.6 is 0 Å². The molecule has 1 rings (SSSR count). The third-order valence-electron chi connectivity index (χ3n) is 2.98. The van der Waals surface area contributed by atoms with Crippen LogP contribution in [0.25, 0.3) is 0 Å². The van der Waals surface area contributed by atoms with Crippen LogP contribution < -0.4 is 9.47 Å². The molecular weight excluding hydrogens is 260 g/mol. The Morgan fingerprint density at radius 3 is 1.90 bits per heavy atom. The summed E-state index contributed by atoms with van der Waals surface area (Å²) >= 11 is 0. The highest BCUT2D eigenvalue weighted by molar-refractivity contribution is 6.06. The minimum atomic E-state index is -0.569. The zero-order chi connectivity index (χ0) is 15.3. The number of methoxy groups -OCH3 is 3. The first-order chi connectivity index (χ1) is 9.44. The van der Waals surface area contributed by atoms with E-state index >= 15 is 0 Å². The van der Waals surface area contributed by atoms with Gasteiger partial charge < -0.3 is 14.2 Å². The van der Waals surface area contributed by atoms with Crippen LogP contribution in [-0.4, -0.2) is 33.1 Å². The van der Waals surface area contributed by atoms with Gasteiger partial charge in [0, 0.05) is 11.1 Å². The van der Waals surface area contributed by atoms with Crippen molar-refractivity contribution in [3.8, 4) is 11.5 Å². The summed E-state index contributed by atoms with van der Waals surface area (Å²) in [6.45, 7) is 4.02. The summed E-state index contributed by atoms with van der Waals surface area (Å²) in [5.41, 5.74) is 1.26. The number of ketones is 1. The van der Waals surface area contributed by atoms with Gasteiger partial charge in [0.25, 0.3) is 0 Å². The van der Waals surface area contributed by atoms with E-state index in [2.05, 4.69) is 4.74 Å². The molecule has 1 aromatic rings. The third kappa shape index (κ3) is 3.50. The van der Waals surface area contributed by atoms with Crippen molar-refractivity contribution >= 4 is 11.8 Å². The number of esters is 1. The summed E-state index contributed by atoms with van der Waals surface area (Å²) in [4.78, 5) is 23.2. The number of benzene rings is 1. The Morgan fingerprint density at radius 2 is 1.55 bits per heavy atom. The molecule has 0 radical (unpaired) electrons. The van der Waals surface area contributed by atoms with Crippen molar-refractivity contribution in [3.05, 3.63) is 23.3 Å². The minimum absolute atomic E-state index is 0.185. The van der Waals surface area contributed by atoms with Gasteiger partial charge in [0.15, 0.2) is 5.78 Å². The molecule has 5 nitrogen and oxygen atoms in total. The van der Waals surface area contributed by atoms with E-state index in [0.29, 0.717) is 17.1 Å². The van der Waals surface area contributed by atoms with E-state index in [-0.39, 0.29) is 18.1 Å². The lowest BCUT2D eigenvalue weighted by Gasteiger charge is -2.17. The second-order valence-corrected chi connectivity index (χ2v) is 4.63. The van der Waals surface area contributed by atoms with Crippen molar-refractivity contribution in [1.29, 1.82) is 0 Å². The van der Waals surface area contributed by atoms with Crippen LogP contribution in [0.2, 0.25) is 0 Å². The second-order valence-electron chi connectivity index (χ2n) is 4.63. The Bertz CT molecular complexity index is 480. The van der Waals surface area contributed by atoms with Gasteiger partial charge in [-0.25, -0.2) is 0 Å². The number of carbonyl (C=O) groups excluding carboxylic acids is 2. The Labute approximate surface area is 118 Å². The number of rotatable bonds is 6. The molecule has 0 aliphatic carbocycles. The Balaban J connectivity index is 3.23. The molecule has 0 bridgehead atoms. The average Bonchev–Trinajstić information content (AvgIpc) is 2.44. The van der Waals surface area contributed by atoms with E-state index in [1.165, 1.54) is 21.3 Å². The van der Waals surface area contributed by atoms with E-state index in [4.69, 9.17) is 9.47 Å². The molecule has 0 heterocycles. The molecule has 0 fully saturated rings. The lowest BCUT2D eigenvalue weighted by atomic mass is 9.97. The first-order valence-corrected chi connectivity index (χ1v) is 6.30. The molecule has 0 aromatic heterocycles. The molecular formula is C15H20O5. The van der Waals surface area contributed by atoms with Crippen molar-refractivity contribution in [2.75, 3.05) is 21.3 Å². The van der Waals surface area contributed by atoms with Crippen molar-refractivity contribution in [3.63, 3.8) is 0 Å².